The van der Waals surface area contributed by atoms with Crippen LogP contribution < -0.4 is 5.73 Å². The Labute approximate surface area is 93.0 Å². The molecule has 0 aromatic rings. The Morgan fingerprint density at radius 1 is 1.47 bits per heavy atom. The third-order valence-electron chi connectivity index (χ3n) is 3.29. The molecule has 0 saturated carbocycles. The van der Waals surface area contributed by atoms with E-state index in [1.807, 2.05) is 11.8 Å². The highest BCUT2D eigenvalue weighted by Crippen LogP contribution is 2.21. The molecule has 3 nitrogen and oxygen atoms in total. The molecular formula is C12H24N2O. The fraction of sp³-hybridized carbons (Fsp3) is 0.917. The fourth-order valence-corrected chi connectivity index (χ4v) is 2.31. The van der Waals surface area contributed by atoms with Crippen molar-refractivity contribution in [2.24, 2.45) is 5.73 Å². The van der Waals surface area contributed by atoms with E-state index < -0.39 is 0 Å². The zero-order valence-electron chi connectivity index (χ0n) is 10.0. The highest BCUT2D eigenvalue weighted by Gasteiger charge is 2.28. The van der Waals surface area contributed by atoms with Gasteiger partial charge in [-0.3, -0.25) is 4.79 Å². The van der Waals surface area contributed by atoms with Crippen molar-refractivity contribution >= 4 is 5.91 Å². The van der Waals surface area contributed by atoms with Crippen LogP contribution in [0.4, 0.5) is 0 Å². The molecule has 1 amide bonds. The van der Waals surface area contributed by atoms with E-state index in [0.717, 1.165) is 38.6 Å². The lowest BCUT2D eigenvalue weighted by Crippen LogP contribution is -2.50. The third kappa shape index (κ3) is 3.20. The SMILES string of the molecule is CCCC1CCCCN1C(=O)[C@@H](N)CC. The molecule has 0 radical (unpaired) electrons. The summed E-state index contributed by atoms with van der Waals surface area (Å²) in [7, 11) is 0. The fourth-order valence-electron chi connectivity index (χ4n) is 2.31. The lowest BCUT2D eigenvalue weighted by molar-refractivity contribution is -0.136. The number of hydrogen-bond donors (Lipinski definition) is 1. The summed E-state index contributed by atoms with van der Waals surface area (Å²) in [4.78, 5) is 14.0. The topological polar surface area (TPSA) is 46.3 Å². The molecule has 1 heterocycles. The predicted octanol–water partition coefficient (Wildman–Crippen LogP) is 1.90. The molecule has 1 rings (SSSR count). The highest BCUT2D eigenvalue weighted by atomic mass is 16.2. The lowest BCUT2D eigenvalue weighted by atomic mass is 9.97. The molecule has 0 aromatic carbocycles. The molecule has 3 heteroatoms. The summed E-state index contributed by atoms with van der Waals surface area (Å²) < 4.78 is 0. The van der Waals surface area contributed by atoms with Gasteiger partial charge in [-0.05, 0) is 32.1 Å². The number of carbonyl (C=O) groups excluding carboxylic acids is 1. The van der Waals surface area contributed by atoms with E-state index in [9.17, 15) is 4.79 Å². The number of amides is 1. The summed E-state index contributed by atoms with van der Waals surface area (Å²) in [6, 6.07) is 0.163. The van der Waals surface area contributed by atoms with Crippen molar-refractivity contribution < 1.29 is 4.79 Å². The van der Waals surface area contributed by atoms with Crippen LogP contribution in [0.2, 0.25) is 0 Å². The Morgan fingerprint density at radius 3 is 2.80 bits per heavy atom. The van der Waals surface area contributed by atoms with Crippen LogP contribution >= 0.6 is 0 Å². The van der Waals surface area contributed by atoms with Gasteiger partial charge >= 0.3 is 0 Å². The Morgan fingerprint density at radius 2 is 2.20 bits per heavy atom. The smallest absolute Gasteiger partial charge is 0.239 e. The van der Waals surface area contributed by atoms with E-state index in [4.69, 9.17) is 5.73 Å². The average molecular weight is 212 g/mol. The number of rotatable bonds is 4. The standard InChI is InChI=1S/C12H24N2O/c1-3-7-10-8-5-6-9-14(10)12(15)11(13)4-2/h10-11H,3-9,13H2,1-2H3/t10?,11-/m0/s1. The Kier molecular flexibility index (Phi) is 5.09. The van der Waals surface area contributed by atoms with Gasteiger partial charge in [0.1, 0.15) is 0 Å². The second kappa shape index (κ2) is 6.11. The first-order valence-electron chi connectivity index (χ1n) is 6.26. The van der Waals surface area contributed by atoms with E-state index in [1.165, 1.54) is 6.42 Å². The summed E-state index contributed by atoms with van der Waals surface area (Å²) in [5.74, 6) is 0.163. The first-order valence-corrected chi connectivity index (χ1v) is 6.26. The minimum absolute atomic E-state index is 0.163. The molecule has 2 atom stereocenters. The molecule has 15 heavy (non-hydrogen) atoms. The number of hydrogen-bond acceptors (Lipinski definition) is 2. The molecule has 1 saturated heterocycles. The van der Waals surface area contributed by atoms with Gasteiger partial charge in [0.25, 0.3) is 0 Å². The maximum absolute atomic E-state index is 12.0. The van der Waals surface area contributed by atoms with Gasteiger partial charge in [-0.1, -0.05) is 20.3 Å². The molecular weight excluding hydrogens is 188 g/mol. The molecule has 0 aliphatic carbocycles. The predicted molar refractivity (Wildman–Crippen MR) is 62.5 cm³/mol. The van der Waals surface area contributed by atoms with Crippen molar-refractivity contribution in [1.29, 1.82) is 0 Å². The zero-order chi connectivity index (χ0) is 11.3. The summed E-state index contributed by atoms with van der Waals surface area (Å²) in [6.45, 7) is 5.07. The van der Waals surface area contributed by atoms with Gasteiger partial charge in [-0.2, -0.15) is 0 Å². The normalized spacial score (nSPS) is 23.9. The van der Waals surface area contributed by atoms with Crippen LogP contribution in [0.15, 0.2) is 0 Å². The van der Waals surface area contributed by atoms with Gasteiger partial charge in [-0.25, -0.2) is 0 Å². The number of likely N-dealkylation sites (tertiary alicyclic amines) is 1. The number of piperidine rings is 1. The maximum Gasteiger partial charge on any atom is 0.239 e. The summed E-state index contributed by atoms with van der Waals surface area (Å²) in [6.07, 6.45) is 6.58. The minimum atomic E-state index is -0.289. The number of nitrogens with two attached hydrogens (primary N) is 1. The van der Waals surface area contributed by atoms with E-state index in [1.54, 1.807) is 0 Å². The Hall–Kier alpha value is -0.570. The van der Waals surface area contributed by atoms with Crippen molar-refractivity contribution in [3.8, 4) is 0 Å². The Balaban J connectivity index is 2.58. The van der Waals surface area contributed by atoms with Crippen LogP contribution in [0.25, 0.3) is 0 Å². The molecule has 0 bridgehead atoms. The molecule has 1 fully saturated rings. The molecule has 0 spiro atoms. The highest BCUT2D eigenvalue weighted by molar-refractivity contribution is 5.81. The molecule has 2 N–H and O–H groups in total. The van der Waals surface area contributed by atoms with Crippen molar-refractivity contribution in [3.05, 3.63) is 0 Å². The van der Waals surface area contributed by atoms with Crippen molar-refractivity contribution in [1.82, 2.24) is 4.90 Å². The summed E-state index contributed by atoms with van der Waals surface area (Å²) >= 11 is 0. The second-order valence-electron chi connectivity index (χ2n) is 4.48. The van der Waals surface area contributed by atoms with Gasteiger partial charge in [0.05, 0.1) is 6.04 Å². The first-order chi connectivity index (χ1) is 7.20. The quantitative estimate of drug-likeness (QED) is 0.773. The van der Waals surface area contributed by atoms with Crippen LogP contribution in [0.1, 0.15) is 52.4 Å². The first kappa shape index (κ1) is 12.5. The molecule has 1 unspecified atom stereocenters. The van der Waals surface area contributed by atoms with Crippen molar-refractivity contribution in [2.75, 3.05) is 6.54 Å². The Bertz CT molecular complexity index is 204. The van der Waals surface area contributed by atoms with E-state index in [2.05, 4.69) is 6.92 Å². The van der Waals surface area contributed by atoms with Crippen LogP contribution in [0.3, 0.4) is 0 Å². The average Bonchev–Trinajstić information content (AvgIpc) is 2.28. The summed E-state index contributed by atoms with van der Waals surface area (Å²) in [5.41, 5.74) is 5.81. The molecule has 1 aliphatic rings. The van der Waals surface area contributed by atoms with Crippen LogP contribution in [0, 0.1) is 0 Å². The van der Waals surface area contributed by atoms with Crippen LogP contribution in [0.5, 0.6) is 0 Å². The van der Waals surface area contributed by atoms with Crippen LogP contribution in [-0.4, -0.2) is 29.4 Å². The van der Waals surface area contributed by atoms with Crippen molar-refractivity contribution in [2.45, 2.75) is 64.5 Å². The van der Waals surface area contributed by atoms with Crippen molar-refractivity contribution in [3.63, 3.8) is 0 Å². The second-order valence-corrected chi connectivity index (χ2v) is 4.48. The zero-order valence-corrected chi connectivity index (χ0v) is 10.0. The van der Waals surface area contributed by atoms with Gasteiger partial charge < -0.3 is 10.6 Å². The monoisotopic (exact) mass is 212 g/mol. The maximum atomic E-state index is 12.0. The molecule has 0 aromatic heterocycles. The molecule has 88 valence electrons. The van der Waals surface area contributed by atoms with E-state index >= 15 is 0 Å². The summed E-state index contributed by atoms with van der Waals surface area (Å²) in [5, 5.41) is 0. The van der Waals surface area contributed by atoms with Gasteiger partial charge in [-0.15, -0.1) is 0 Å². The third-order valence-corrected chi connectivity index (χ3v) is 3.29. The van der Waals surface area contributed by atoms with Gasteiger partial charge in [0.15, 0.2) is 0 Å². The lowest BCUT2D eigenvalue weighted by Gasteiger charge is -2.37. The van der Waals surface area contributed by atoms with E-state index in [0.29, 0.717) is 6.04 Å². The minimum Gasteiger partial charge on any atom is -0.338 e. The van der Waals surface area contributed by atoms with Crippen LogP contribution in [-0.2, 0) is 4.79 Å². The number of carbonyl (C=O) groups is 1. The molecule has 1 aliphatic heterocycles. The largest absolute Gasteiger partial charge is 0.338 e. The number of nitrogens with zero attached hydrogens (tertiary/aromatic N) is 1. The van der Waals surface area contributed by atoms with Gasteiger partial charge in [0, 0.05) is 12.6 Å². The van der Waals surface area contributed by atoms with Gasteiger partial charge in [0.2, 0.25) is 5.91 Å². The van der Waals surface area contributed by atoms with E-state index in [-0.39, 0.29) is 11.9 Å².